The van der Waals surface area contributed by atoms with Gasteiger partial charge < -0.3 is 0 Å². The second-order valence-electron chi connectivity index (χ2n) is 7.84. The van der Waals surface area contributed by atoms with Crippen LogP contribution >= 0.6 is 0 Å². The molecule has 0 spiro atoms. The molecule has 2 aromatic rings. The molecule has 0 nitrogen and oxygen atoms in total. The standard InChI is InChI=1S/C21H29B/c1-14-12-13-17(4)20(18(14)5)22(21(6,7)8)19-15(2)10-9-11-16(19)3/h9-13H,1-8H3. The highest BCUT2D eigenvalue weighted by atomic mass is 14.2. The molecule has 0 aliphatic heterocycles. The predicted molar refractivity (Wildman–Crippen MR) is 101 cm³/mol. The molecule has 0 aliphatic rings. The first-order valence-electron chi connectivity index (χ1n) is 8.27. The molecular weight excluding hydrogens is 263 g/mol. The SMILES string of the molecule is Cc1ccc(C)c(B(c2c(C)cccc2C)C(C)(C)C)c1C. The Bertz CT molecular complexity index is 670. The van der Waals surface area contributed by atoms with Crippen molar-refractivity contribution in [2.45, 2.75) is 60.7 Å². The lowest BCUT2D eigenvalue weighted by atomic mass is 9.26. The van der Waals surface area contributed by atoms with Gasteiger partial charge in [-0.15, -0.1) is 0 Å². The van der Waals surface area contributed by atoms with Gasteiger partial charge in [0.25, 0.3) is 0 Å². The van der Waals surface area contributed by atoms with E-state index >= 15 is 0 Å². The highest BCUT2D eigenvalue weighted by Gasteiger charge is 2.36. The lowest BCUT2D eigenvalue weighted by Gasteiger charge is -2.33. The van der Waals surface area contributed by atoms with Gasteiger partial charge in [0.15, 0.2) is 0 Å². The smallest absolute Gasteiger partial charge is 0.0679 e. The van der Waals surface area contributed by atoms with E-state index < -0.39 is 0 Å². The van der Waals surface area contributed by atoms with Gasteiger partial charge in [0.1, 0.15) is 0 Å². The number of hydrogen-bond donors (Lipinski definition) is 0. The van der Waals surface area contributed by atoms with Crippen LogP contribution in [0.1, 0.15) is 48.6 Å². The minimum Gasteiger partial charge on any atom is -0.0679 e. The second kappa shape index (κ2) is 5.95. The van der Waals surface area contributed by atoms with Crippen LogP contribution in [0.2, 0.25) is 5.31 Å². The Balaban J connectivity index is 2.82. The zero-order chi connectivity index (χ0) is 16.7. The quantitative estimate of drug-likeness (QED) is 0.707. The summed E-state index contributed by atoms with van der Waals surface area (Å²) in [6.07, 6.45) is 0. The Hall–Kier alpha value is -1.50. The number of hydrogen-bond acceptors (Lipinski definition) is 0. The Morgan fingerprint density at radius 2 is 1.09 bits per heavy atom. The number of aryl methyl sites for hydroxylation is 4. The van der Waals surface area contributed by atoms with Crippen LogP contribution in [0.5, 0.6) is 0 Å². The number of rotatable bonds is 2. The van der Waals surface area contributed by atoms with Gasteiger partial charge >= 0.3 is 0 Å². The van der Waals surface area contributed by atoms with Crippen LogP contribution in [-0.2, 0) is 0 Å². The molecule has 0 aromatic heterocycles. The largest absolute Gasteiger partial charge is 0.216 e. The average molecular weight is 292 g/mol. The summed E-state index contributed by atoms with van der Waals surface area (Å²) in [5.41, 5.74) is 10.1. The van der Waals surface area contributed by atoms with Crippen LogP contribution < -0.4 is 10.9 Å². The Kier molecular flexibility index (Phi) is 4.56. The maximum atomic E-state index is 2.37. The van der Waals surface area contributed by atoms with Gasteiger partial charge in [-0.3, -0.25) is 0 Å². The molecule has 0 atom stereocenters. The summed E-state index contributed by atoms with van der Waals surface area (Å²) in [6.45, 7) is 18.8. The van der Waals surface area contributed by atoms with Crippen molar-refractivity contribution in [3.8, 4) is 0 Å². The summed E-state index contributed by atoms with van der Waals surface area (Å²) in [5.74, 6) is 0. The van der Waals surface area contributed by atoms with E-state index in [1.54, 1.807) is 0 Å². The van der Waals surface area contributed by atoms with Crippen molar-refractivity contribution in [2.24, 2.45) is 0 Å². The molecule has 0 amide bonds. The fraction of sp³-hybridized carbons (Fsp3) is 0.429. The summed E-state index contributed by atoms with van der Waals surface area (Å²) < 4.78 is 0. The van der Waals surface area contributed by atoms with Crippen LogP contribution in [0.15, 0.2) is 30.3 Å². The van der Waals surface area contributed by atoms with E-state index in [1.165, 1.54) is 38.7 Å². The summed E-state index contributed by atoms with van der Waals surface area (Å²) in [5, 5.41) is 0.181. The molecule has 0 radical (unpaired) electrons. The van der Waals surface area contributed by atoms with E-state index in [0.29, 0.717) is 6.71 Å². The third-order valence-corrected chi connectivity index (χ3v) is 4.99. The highest BCUT2D eigenvalue weighted by Crippen LogP contribution is 2.29. The van der Waals surface area contributed by atoms with Gasteiger partial charge in [-0.2, -0.15) is 0 Å². The molecule has 0 bridgehead atoms. The first-order valence-corrected chi connectivity index (χ1v) is 8.27. The van der Waals surface area contributed by atoms with Gasteiger partial charge in [0, 0.05) is 0 Å². The van der Waals surface area contributed by atoms with E-state index in [4.69, 9.17) is 0 Å². The molecule has 0 saturated carbocycles. The third-order valence-electron chi connectivity index (χ3n) is 4.99. The van der Waals surface area contributed by atoms with E-state index in [0.717, 1.165) is 0 Å². The van der Waals surface area contributed by atoms with Crippen molar-refractivity contribution in [1.29, 1.82) is 0 Å². The van der Waals surface area contributed by atoms with Crippen molar-refractivity contribution >= 4 is 17.6 Å². The summed E-state index contributed by atoms with van der Waals surface area (Å²) in [7, 11) is 0. The van der Waals surface area contributed by atoms with Crippen molar-refractivity contribution in [3.63, 3.8) is 0 Å². The van der Waals surface area contributed by atoms with E-state index in [-0.39, 0.29) is 5.31 Å². The molecule has 0 saturated heterocycles. The van der Waals surface area contributed by atoms with Crippen LogP contribution in [0.3, 0.4) is 0 Å². The Morgan fingerprint density at radius 1 is 0.636 bits per heavy atom. The van der Waals surface area contributed by atoms with Crippen molar-refractivity contribution in [3.05, 3.63) is 58.1 Å². The third kappa shape index (κ3) is 3.00. The van der Waals surface area contributed by atoms with Crippen molar-refractivity contribution in [1.82, 2.24) is 0 Å². The molecule has 2 aromatic carbocycles. The zero-order valence-electron chi connectivity index (χ0n) is 15.5. The fourth-order valence-corrected chi connectivity index (χ4v) is 3.71. The van der Waals surface area contributed by atoms with Gasteiger partial charge in [0.2, 0.25) is 6.71 Å². The first-order chi connectivity index (χ1) is 10.1. The lowest BCUT2D eigenvalue weighted by Crippen LogP contribution is -2.53. The van der Waals surface area contributed by atoms with E-state index in [1.807, 2.05) is 0 Å². The topological polar surface area (TPSA) is 0 Å². The Morgan fingerprint density at radius 3 is 1.59 bits per heavy atom. The molecular formula is C21H29B. The fourth-order valence-electron chi connectivity index (χ4n) is 3.71. The normalized spacial score (nSPS) is 11.6. The molecule has 116 valence electrons. The maximum absolute atomic E-state index is 2.37. The van der Waals surface area contributed by atoms with Gasteiger partial charge in [-0.05, 0) is 40.2 Å². The molecule has 0 heterocycles. The van der Waals surface area contributed by atoms with E-state index in [9.17, 15) is 0 Å². The van der Waals surface area contributed by atoms with E-state index in [2.05, 4.69) is 85.7 Å². The molecule has 0 aliphatic carbocycles. The molecule has 0 unspecified atom stereocenters. The van der Waals surface area contributed by atoms with Gasteiger partial charge in [-0.25, -0.2) is 0 Å². The van der Waals surface area contributed by atoms with Crippen LogP contribution in [-0.4, -0.2) is 6.71 Å². The highest BCUT2D eigenvalue weighted by molar-refractivity contribution is 6.88. The first kappa shape index (κ1) is 16.9. The summed E-state index contributed by atoms with van der Waals surface area (Å²) >= 11 is 0. The molecule has 2 rings (SSSR count). The maximum Gasteiger partial charge on any atom is 0.216 e. The molecule has 0 N–H and O–H groups in total. The van der Waals surface area contributed by atoms with Gasteiger partial charge in [0.05, 0.1) is 0 Å². The Labute approximate surface area is 137 Å². The monoisotopic (exact) mass is 292 g/mol. The van der Waals surface area contributed by atoms with Crippen LogP contribution in [0.4, 0.5) is 0 Å². The van der Waals surface area contributed by atoms with Crippen molar-refractivity contribution < 1.29 is 0 Å². The molecule has 1 heteroatoms. The van der Waals surface area contributed by atoms with Crippen LogP contribution in [0.25, 0.3) is 0 Å². The molecule has 22 heavy (non-hydrogen) atoms. The minimum absolute atomic E-state index is 0.181. The summed E-state index contributed by atoms with van der Waals surface area (Å²) in [6, 6.07) is 11.2. The summed E-state index contributed by atoms with van der Waals surface area (Å²) in [4.78, 5) is 0. The average Bonchev–Trinajstić information content (AvgIpc) is 2.40. The second-order valence-corrected chi connectivity index (χ2v) is 7.84. The van der Waals surface area contributed by atoms with Gasteiger partial charge in [-0.1, -0.05) is 89.6 Å². The zero-order valence-corrected chi connectivity index (χ0v) is 15.5. The van der Waals surface area contributed by atoms with Crippen LogP contribution in [0, 0.1) is 34.6 Å². The minimum atomic E-state index is 0.181. The molecule has 0 fully saturated rings. The number of benzene rings is 2. The lowest BCUT2D eigenvalue weighted by molar-refractivity contribution is 0.749. The predicted octanol–water partition coefficient (Wildman–Crippen LogP) is 4.64. The van der Waals surface area contributed by atoms with Crippen molar-refractivity contribution in [2.75, 3.05) is 0 Å².